The van der Waals surface area contributed by atoms with E-state index in [1.807, 2.05) is 58.1 Å². The quantitative estimate of drug-likeness (QED) is 0.0699. The number of nitrogens with zero attached hydrogens (tertiary/aromatic N) is 1. The summed E-state index contributed by atoms with van der Waals surface area (Å²) < 4.78 is 46.3. The van der Waals surface area contributed by atoms with Crippen molar-refractivity contribution in [3.05, 3.63) is 47.6 Å². The largest absolute Gasteiger partial charge is 0.460 e. The van der Waals surface area contributed by atoms with Crippen LogP contribution in [-0.2, 0) is 66.7 Å². The van der Waals surface area contributed by atoms with E-state index in [1.54, 1.807) is 48.2 Å². The van der Waals surface area contributed by atoms with Crippen LogP contribution in [-0.4, -0.2) is 160 Å². The first kappa shape index (κ1) is 64.6. The molecule has 0 aromatic rings. The zero-order valence-corrected chi connectivity index (χ0v) is 47.5. The Labute approximate surface area is 452 Å². The molecule has 17 heteroatoms. The fourth-order valence-corrected chi connectivity index (χ4v) is 11.2. The van der Waals surface area contributed by atoms with Crippen molar-refractivity contribution < 1.29 is 76.9 Å². The number of cyclic esters (lactones) is 1. The second-order valence-corrected chi connectivity index (χ2v) is 22.1. The Kier molecular flexibility index (Phi) is 27.4. The lowest BCUT2D eigenvalue weighted by molar-refractivity contribution is -0.265. The van der Waals surface area contributed by atoms with E-state index in [2.05, 4.69) is 0 Å². The van der Waals surface area contributed by atoms with E-state index in [1.165, 1.54) is 12.0 Å². The highest BCUT2D eigenvalue weighted by Gasteiger charge is 2.53. The number of rotatable bonds is 15. The summed E-state index contributed by atoms with van der Waals surface area (Å²) >= 11 is 0. The molecule has 0 aromatic carbocycles. The summed E-state index contributed by atoms with van der Waals surface area (Å²) in [5.41, 5.74) is 1.24. The van der Waals surface area contributed by atoms with Gasteiger partial charge in [-0.15, -0.1) is 0 Å². The molecule has 4 rings (SSSR count). The number of ether oxygens (including phenoxy) is 8. The number of carbonyl (C=O) groups excluding carboxylic acids is 6. The molecular weight excluding hydrogens is 979 g/mol. The number of ketones is 3. The summed E-state index contributed by atoms with van der Waals surface area (Å²) in [4.78, 5) is 85.5. The number of allylic oxidation sites excluding steroid dienone is 6. The number of hydrogen-bond acceptors (Lipinski definition) is 16. The summed E-state index contributed by atoms with van der Waals surface area (Å²) in [5.74, 6) is -8.58. The molecule has 0 radical (unpaired) electrons. The highest BCUT2D eigenvalue weighted by Crippen LogP contribution is 2.38. The SMILES string of the molecule is COCCOCCCCC(=O)O[C@@H]1CC[C@@H](C[C@H](C)[C@@H]2CC(=O)[C@H](C)/C=C(\C)[C@@H](O)[C@@H](OC)C(=O)[C@H](C)C[C@H](C)/C=C/C=C/C=C(\C)[C@@H](OC)C[C@@H]3CC[C@@H](C)[C@@](O)(O3)C(=O)C(=O)N3CCCC[C@H]3C(=O)O2)C[C@H]1OC. The van der Waals surface area contributed by atoms with Gasteiger partial charge in [-0.1, -0.05) is 71.1 Å². The molecule has 3 aliphatic heterocycles. The molecule has 3 fully saturated rings. The lowest BCUT2D eigenvalue weighted by Gasteiger charge is -2.42. The molecule has 17 nitrogen and oxygen atoms in total. The van der Waals surface area contributed by atoms with Crippen LogP contribution in [0.15, 0.2) is 47.6 Å². The molecule has 76 heavy (non-hydrogen) atoms. The summed E-state index contributed by atoms with van der Waals surface area (Å²) in [6, 6.07) is -1.17. The maximum absolute atomic E-state index is 14.6. The number of Topliss-reactive ketones (excluding diaryl/α,β-unsaturated/α-hetero) is 3. The molecule has 0 aromatic heterocycles. The fourth-order valence-electron chi connectivity index (χ4n) is 11.2. The van der Waals surface area contributed by atoms with Gasteiger partial charge in [0, 0.05) is 78.6 Å². The number of amides is 1. The van der Waals surface area contributed by atoms with Gasteiger partial charge in [-0.3, -0.25) is 24.0 Å². The van der Waals surface area contributed by atoms with E-state index < -0.39 is 89.8 Å². The highest BCUT2D eigenvalue weighted by molar-refractivity contribution is 6.39. The summed E-state index contributed by atoms with van der Waals surface area (Å²) in [6.07, 6.45) is 12.5. The average Bonchev–Trinajstić information content (AvgIpc) is 3.40. The number of aliphatic hydroxyl groups excluding tert-OH is 1. The van der Waals surface area contributed by atoms with Crippen molar-refractivity contribution in [1.29, 1.82) is 0 Å². The van der Waals surface area contributed by atoms with Crippen LogP contribution in [0.2, 0.25) is 0 Å². The third kappa shape index (κ3) is 18.9. The number of aliphatic hydroxyl groups is 2. The summed E-state index contributed by atoms with van der Waals surface area (Å²) in [7, 11) is 6.15. The minimum absolute atomic E-state index is 0.00373. The Bertz CT molecular complexity index is 2020. The van der Waals surface area contributed by atoms with Crippen LogP contribution in [0.25, 0.3) is 0 Å². The van der Waals surface area contributed by atoms with Crippen molar-refractivity contribution in [1.82, 2.24) is 4.90 Å². The number of esters is 2. The molecule has 1 amide bonds. The molecule has 2 N–H and O–H groups in total. The Morgan fingerprint density at radius 2 is 1.58 bits per heavy atom. The standard InChI is InChI=1S/C59H93NO16/c1-37-19-13-12-14-20-38(2)49(70-9)35-45-25-23-43(7)59(68,76-45)56(65)57(66)60-27-17-15-21-46(60)58(67)75-50(36-47(61)39(3)32-42(6)54(64)55(72-11)53(63)41(5)31-37)40(4)33-44-24-26-48(51(34-44)71-10)74-52(62)22-16-18-28-73-30-29-69-8/h12-14,19-20,32,37,39-41,43-46,48-51,54-55,64,68H,15-18,21-31,33-36H2,1-11H3/b14-12+,19-13+,38-20+,42-32+/t37-,39-,40+,41-,43-,44+,45+,46+,48-,49+,50+,51-,54-,55+,59-/m1/s1. The number of carbonyl (C=O) groups is 6. The molecule has 3 heterocycles. The molecule has 4 aliphatic rings. The average molecular weight is 1070 g/mol. The number of methoxy groups -OCH3 is 4. The van der Waals surface area contributed by atoms with E-state index in [9.17, 15) is 39.0 Å². The number of hydrogen-bond donors (Lipinski definition) is 2. The monoisotopic (exact) mass is 1070 g/mol. The van der Waals surface area contributed by atoms with Crippen molar-refractivity contribution in [3.63, 3.8) is 0 Å². The van der Waals surface area contributed by atoms with Gasteiger partial charge in [0.25, 0.3) is 11.7 Å². The second kappa shape index (κ2) is 32.2. The van der Waals surface area contributed by atoms with E-state index in [-0.39, 0.29) is 61.3 Å². The van der Waals surface area contributed by atoms with Gasteiger partial charge in [0.1, 0.15) is 36.2 Å². The predicted molar refractivity (Wildman–Crippen MR) is 286 cm³/mol. The van der Waals surface area contributed by atoms with Crippen LogP contribution in [0.1, 0.15) is 145 Å². The molecule has 2 bridgehead atoms. The van der Waals surface area contributed by atoms with Gasteiger partial charge in [0.2, 0.25) is 5.79 Å². The highest BCUT2D eigenvalue weighted by atomic mass is 16.6. The van der Waals surface area contributed by atoms with Crippen LogP contribution in [0.4, 0.5) is 0 Å². The molecule has 15 atom stereocenters. The van der Waals surface area contributed by atoms with E-state index in [0.717, 1.165) is 5.57 Å². The molecule has 430 valence electrons. The first-order chi connectivity index (χ1) is 36.2. The normalized spacial score (nSPS) is 36.2. The molecule has 2 saturated heterocycles. The van der Waals surface area contributed by atoms with Crippen molar-refractivity contribution in [2.75, 3.05) is 54.8 Å². The Morgan fingerprint density at radius 1 is 0.829 bits per heavy atom. The van der Waals surface area contributed by atoms with Gasteiger partial charge in [0.15, 0.2) is 5.78 Å². The maximum Gasteiger partial charge on any atom is 0.329 e. The lowest BCUT2D eigenvalue weighted by Crippen LogP contribution is -2.61. The number of fused-ring (bicyclic) bond motifs is 3. The number of unbranched alkanes of at least 4 members (excludes halogenated alkanes) is 1. The number of piperidine rings is 1. The smallest absolute Gasteiger partial charge is 0.329 e. The van der Waals surface area contributed by atoms with E-state index >= 15 is 0 Å². The van der Waals surface area contributed by atoms with Gasteiger partial charge in [0.05, 0.1) is 31.5 Å². The summed E-state index contributed by atoms with van der Waals surface area (Å²) in [6.45, 7) is 14.2. The van der Waals surface area contributed by atoms with Crippen molar-refractivity contribution in [3.8, 4) is 0 Å². The van der Waals surface area contributed by atoms with Gasteiger partial charge in [-0.2, -0.15) is 0 Å². The van der Waals surface area contributed by atoms with Gasteiger partial charge in [-0.25, -0.2) is 4.79 Å². The molecule has 0 unspecified atom stereocenters. The predicted octanol–water partition coefficient (Wildman–Crippen LogP) is 7.56. The fraction of sp³-hybridized carbons (Fsp3) is 0.763. The third-order valence-electron chi connectivity index (χ3n) is 16.1. The third-order valence-corrected chi connectivity index (χ3v) is 16.1. The molecule has 0 spiro atoms. The van der Waals surface area contributed by atoms with Gasteiger partial charge in [-0.05, 0) is 120 Å². The topological polar surface area (TPSA) is 220 Å². The summed E-state index contributed by atoms with van der Waals surface area (Å²) in [5, 5.41) is 23.6. The Hall–Kier alpha value is -3.94. The Balaban J connectivity index is 1.63. The van der Waals surface area contributed by atoms with Crippen LogP contribution in [0.5, 0.6) is 0 Å². The van der Waals surface area contributed by atoms with Gasteiger partial charge < -0.3 is 53.0 Å². The van der Waals surface area contributed by atoms with Gasteiger partial charge >= 0.3 is 11.9 Å². The van der Waals surface area contributed by atoms with Crippen molar-refractivity contribution in [2.45, 2.75) is 199 Å². The first-order valence-corrected chi connectivity index (χ1v) is 27.9. The van der Waals surface area contributed by atoms with Crippen molar-refractivity contribution in [2.24, 2.45) is 35.5 Å². The van der Waals surface area contributed by atoms with E-state index in [0.29, 0.717) is 102 Å². The van der Waals surface area contributed by atoms with E-state index in [4.69, 9.17) is 37.9 Å². The second-order valence-electron chi connectivity index (χ2n) is 22.1. The zero-order valence-electron chi connectivity index (χ0n) is 47.5. The Morgan fingerprint density at radius 3 is 2.28 bits per heavy atom. The minimum atomic E-state index is -2.45. The van der Waals surface area contributed by atoms with Crippen LogP contribution < -0.4 is 0 Å². The van der Waals surface area contributed by atoms with Crippen LogP contribution in [0.3, 0.4) is 0 Å². The molecule has 1 saturated carbocycles. The van der Waals surface area contributed by atoms with Crippen molar-refractivity contribution >= 4 is 35.2 Å². The minimum Gasteiger partial charge on any atom is -0.460 e. The van der Waals surface area contributed by atoms with Crippen LogP contribution in [0, 0.1) is 35.5 Å². The first-order valence-electron chi connectivity index (χ1n) is 27.9. The lowest BCUT2D eigenvalue weighted by atomic mass is 9.78. The zero-order chi connectivity index (χ0) is 56.1. The van der Waals surface area contributed by atoms with Crippen LogP contribution >= 0.6 is 0 Å². The maximum atomic E-state index is 14.6. The molecular formula is C59H93NO16. The molecule has 1 aliphatic carbocycles.